The Morgan fingerprint density at radius 2 is 1.64 bits per heavy atom. The van der Waals surface area contributed by atoms with Gasteiger partial charge in [0.25, 0.3) is 0 Å². The van der Waals surface area contributed by atoms with E-state index in [0.717, 1.165) is 39.0 Å². The Bertz CT molecular complexity index is 2140. The minimum absolute atomic E-state index is 0.117. The summed E-state index contributed by atoms with van der Waals surface area (Å²) in [7, 11) is -0.636. The van der Waals surface area contributed by atoms with E-state index in [9.17, 15) is 10.1 Å². The van der Waals surface area contributed by atoms with Crippen molar-refractivity contribution in [1.82, 2.24) is 10.3 Å². The maximum atomic E-state index is 13.3. The molecule has 1 unspecified atom stereocenters. The largest absolute Gasteiger partial charge is 0.496 e. The van der Waals surface area contributed by atoms with Crippen LogP contribution in [0.4, 0.5) is 5.69 Å². The fourth-order valence-electron chi connectivity index (χ4n) is 6.14. The van der Waals surface area contributed by atoms with Crippen LogP contribution < -0.4 is 20.8 Å². The number of nitriles is 1. The van der Waals surface area contributed by atoms with Crippen molar-refractivity contribution in [1.29, 1.82) is 10.7 Å². The molecule has 11 nitrogen and oxygen atoms in total. The summed E-state index contributed by atoms with van der Waals surface area (Å²) in [5.74, 6) is 0.172. The Morgan fingerprint density at radius 3 is 2.29 bits per heavy atom. The molecular weight excluding hydrogens is 753 g/mol. The molecule has 5 rings (SSSR count). The molecule has 306 valence electrons. The highest BCUT2D eigenvalue weighted by atomic mass is 35.5. The van der Waals surface area contributed by atoms with Gasteiger partial charge in [-0.1, -0.05) is 54.1 Å². The van der Waals surface area contributed by atoms with Crippen LogP contribution in [0, 0.1) is 16.7 Å². The van der Waals surface area contributed by atoms with Crippen molar-refractivity contribution in [2.24, 2.45) is 0 Å². The van der Waals surface area contributed by atoms with Crippen LogP contribution in [0.15, 0.2) is 73.1 Å². The van der Waals surface area contributed by atoms with Crippen molar-refractivity contribution < 1.29 is 28.3 Å². The fraction of sp³-hybridized carbons (Fsp3) is 0.422. The number of carbonyl (C=O) groups is 1. The highest BCUT2D eigenvalue weighted by molar-refractivity contribution is 6.66. The first-order valence-corrected chi connectivity index (χ1v) is 19.8. The van der Waals surface area contributed by atoms with Crippen LogP contribution in [0.2, 0.25) is 5.02 Å². The average molecular weight is 808 g/mol. The molecule has 0 amide bonds. The molecule has 0 spiro atoms. The number of nitrogens with zero attached hydrogens (tertiary/aromatic N) is 2. The Hall–Kier alpha value is -4.77. The van der Waals surface area contributed by atoms with Gasteiger partial charge in [0.1, 0.15) is 30.1 Å². The first-order chi connectivity index (χ1) is 27.2. The number of esters is 1. The third-order valence-electron chi connectivity index (χ3n) is 9.92. The minimum Gasteiger partial charge on any atom is -0.489 e. The van der Waals surface area contributed by atoms with Crippen molar-refractivity contribution in [3.05, 3.63) is 106 Å². The summed E-state index contributed by atoms with van der Waals surface area (Å²) in [4.78, 5) is 17.4. The molecule has 3 aromatic carbocycles. The van der Waals surface area contributed by atoms with Crippen LogP contribution in [0.1, 0.15) is 97.1 Å². The topological polar surface area (TPSA) is 148 Å². The quantitative estimate of drug-likeness (QED) is 0.0608. The molecule has 1 saturated heterocycles. The molecular formula is C45H55BClN5O6. The molecule has 0 bridgehead atoms. The summed E-state index contributed by atoms with van der Waals surface area (Å²) in [5.41, 5.74) is 4.39. The molecule has 1 atom stereocenters. The second kappa shape index (κ2) is 18.0. The summed E-state index contributed by atoms with van der Waals surface area (Å²) >= 11 is 7.09. The SMILES string of the molecule is CC(C)(C)OCC(NCc1ccc(CNc2cccc(-c3cccc(B4OC(C)(C)C(C)(C)O4)c3Cl)c2C=N)cc1OCc1cncc(C#N)c1)C(=O)OC(C)(C)C. The first-order valence-electron chi connectivity index (χ1n) is 19.4. The van der Waals surface area contributed by atoms with E-state index in [1.54, 1.807) is 12.3 Å². The zero-order valence-corrected chi connectivity index (χ0v) is 36.0. The summed E-state index contributed by atoms with van der Waals surface area (Å²) in [5, 5.41) is 25.2. The van der Waals surface area contributed by atoms with E-state index in [4.69, 9.17) is 40.5 Å². The lowest BCUT2D eigenvalue weighted by Crippen LogP contribution is -2.45. The number of aromatic nitrogens is 1. The van der Waals surface area contributed by atoms with E-state index in [1.807, 2.05) is 124 Å². The van der Waals surface area contributed by atoms with E-state index in [1.165, 1.54) is 12.4 Å². The van der Waals surface area contributed by atoms with Crippen molar-refractivity contribution >= 4 is 42.1 Å². The highest BCUT2D eigenvalue weighted by Gasteiger charge is 2.52. The Kier molecular flexibility index (Phi) is 13.8. The summed E-state index contributed by atoms with van der Waals surface area (Å²) in [6, 6.07) is 20.6. The predicted molar refractivity (Wildman–Crippen MR) is 230 cm³/mol. The van der Waals surface area contributed by atoms with Gasteiger partial charge in [-0.2, -0.15) is 5.26 Å². The minimum atomic E-state index is -0.734. The number of ether oxygens (including phenoxy) is 3. The van der Waals surface area contributed by atoms with Gasteiger partial charge in [0.15, 0.2) is 0 Å². The van der Waals surface area contributed by atoms with E-state index in [0.29, 0.717) is 28.4 Å². The number of halogens is 1. The second-order valence-electron chi connectivity index (χ2n) is 17.4. The molecule has 0 aliphatic carbocycles. The van der Waals surface area contributed by atoms with Gasteiger partial charge in [0, 0.05) is 70.1 Å². The number of rotatable bonds is 15. The molecule has 0 radical (unpaired) electrons. The number of anilines is 1. The van der Waals surface area contributed by atoms with Gasteiger partial charge in [0.2, 0.25) is 0 Å². The molecule has 3 N–H and O–H groups in total. The predicted octanol–water partition coefficient (Wildman–Crippen LogP) is 8.38. The van der Waals surface area contributed by atoms with Crippen molar-refractivity contribution in [2.45, 2.75) is 117 Å². The molecule has 1 fully saturated rings. The zero-order valence-electron chi connectivity index (χ0n) is 35.2. The number of hydrogen-bond donors (Lipinski definition) is 3. The first kappa shape index (κ1) is 44.3. The van der Waals surface area contributed by atoms with Gasteiger partial charge < -0.3 is 34.2 Å². The standard InChI is InChI=1S/C45H55BClN5O6/c1-42(2,3)55-28-38(41(53)56-43(4,5)6)52-26-32-18-17-29(20-39(32)54-27-31-19-30(21-48)23-50-24-31)25-51-37-16-12-13-33(35(37)22-49)34-14-11-15-36(40(34)47)46-57-44(7,8)45(9,10)58-46/h11-20,22-24,38,49,51-52H,25-28H2,1-10H3. The normalized spacial score (nSPS) is 15.4. The van der Waals surface area contributed by atoms with E-state index >= 15 is 0 Å². The summed E-state index contributed by atoms with van der Waals surface area (Å²) in [6.07, 6.45) is 4.49. The van der Waals surface area contributed by atoms with Gasteiger partial charge in [-0.05, 0) is 98.6 Å². The van der Waals surface area contributed by atoms with Crippen molar-refractivity contribution in [2.75, 3.05) is 11.9 Å². The maximum Gasteiger partial charge on any atom is 0.496 e. The molecule has 1 aromatic heterocycles. The smallest absolute Gasteiger partial charge is 0.489 e. The van der Waals surface area contributed by atoms with Crippen LogP contribution in [-0.2, 0) is 43.3 Å². The van der Waals surface area contributed by atoms with Crippen LogP contribution in [0.25, 0.3) is 11.1 Å². The molecule has 13 heteroatoms. The number of nitrogens with one attached hydrogen (secondary N) is 3. The number of hydrogen-bond acceptors (Lipinski definition) is 11. The van der Waals surface area contributed by atoms with Crippen LogP contribution in [0.3, 0.4) is 0 Å². The van der Waals surface area contributed by atoms with E-state index in [-0.39, 0.29) is 19.8 Å². The monoisotopic (exact) mass is 807 g/mol. The van der Waals surface area contributed by atoms with Crippen molar-refractivity contribution in [3.63, 3.8) is 0 Å². The Labute approximate surface area is 348 Å². The summed E-state index contributed by atoms with van der Waals surface area (Å²) < 4.78 is 30.7. The molecule has 1 aliphatic heterocycles. The van der Waals surface area contributed by atoms with Crippen molar-refractivity contribution in [3.8, 4) is 22.9 Å². The number of carbonyl (C=O) groups excluding carboxylic acids is 1. The van der Waals surface area contributed by atoms with E-state index in [2.05, 4.69) is 21.7 Å². The van der Waals surface area contributed by atoms with Crippen LogP contribution >= 0.6 is 11.6 Å². The fourth-order valence-corrected chi connectivity index (χ4v) is 6.46. The number of benzene rings is 3. The zero-order chi connectivity index (χ0) is 42.5. The summed E-state index contributed by atoms with van der Waals surface area (Å²) in [6.45, 7) is 20.3. The van der Waals surface area contributed by atoms with Gasteiger partial charge in [-0.25, -0.2) is 0 Å². The molecule has 1 aliphatic rings. The van der Waals surface area contributed by atoms with E-state index < -0.39 is 41.5 Å². The molecule has 58 heavy (non-hydrogen) atoms. The average Bonchev–Trinajstić information content (AvgIpc) is 3.37. The third kappa shape index (κ3) is 11.2. The van der Waals surface area contributed by atoms with Gasteiger partial charge in [-0.3, -0.25) is 15.1 Å². The second-order valence-corrected chi connectivity index (χ2v) is 17.8. The lowest BCUT2D eigenvalue weighted by Gasteiger charge is -2.32. The molecule has 4 aromatic rings. The highest BCUT2D eigenvalue weighted by Crippen LogP contribution is 2.39. The van der Waals surface area contributed by atoms with Crippen LogP contribution in [-0.4, -0.2) is 59.3 Å². The van der Waals surface area contributed by atoms with Gasteiger partial charge in [-0.15, -0.1) is 0 Å². The molecule has 2 heterocycles. The lowest BCUT2D eigenvalue weighted by atomic mass is 9.77. The molecule has 0 saturated carbocycles. The Morgan fingerprint density at radius 1 is 0.948 bits per heavy atom. The van der Waals surface area contributed by atoms with Gasteiger partial charge in [0.05, 0.1) is 29.0 Å². The third-order valence-corrected chi connectivity index (χ3v) is 10.3. The van der Waals surface area contributed by atoms with Crippen LogP contribution in [0.5, 0.6) is 5.75 Å². The Balaban J connectivity index is 1.40. The lowest BCUT2D eigenvalue weighted by molar-refractivity contribution is -0.160. The maximum absolute atomic E-state index is 13.3. The number of pyridine rings is 1. The van der Waals surface area contributed by atoms with Gasteiger partial charge >= 0.3 is 13.1 Å².